The standard InChI is InChI=1S/C21H26N4O3S/c1-16-6-5-13-25(15-16)29(26,27)18-9-7-17(8-10-18)20-23-19(14-22)21(28-20)24-11-3-2-4-12-24/h7-10,16H,2-6,11-13,15H2,1H3/t16-/m1/s1. The van der Waals surface area contributed by atoms with Crippen molar-refractivity contribution in [2.45, 2.75) is 43.9 Å². The van der Waals surface area contributed by atoms with Gasteiger partial charge < -0.3 is 9.32 Å². The summed E-state index contributed by atoms with van der Waals surface area (Å²) in [5, 5.41) is 9.44. The zero-order valence-corrected chi connectivity index (χ0v) is 17.5. The number of sulfonamides is 1. The summed E-state index contributed by atoms with van der Waals surface area (Å²) in [6.07, 6.45) is 5.29. The van der Waals surface area contributed by atoms with Gasteiger partial charge in [-0.3, -0.25) is 0 Å². The van der Waals surface area contributed by atoms with Gasteiger partial charge in [-0.15, -0.1) is 0 Å². The number of anilines is 1. The van der Waals surface area contributed by atoms with Gasteiger partial charge in [0.15, 0.2) is 0 Å². The molecule has 29 heavy (non-hydrogen) atoms. The smallest absolute Gasteiger partial charge is 0.243 e. The van der Waals surface area contributed by atoms with E-state index in [1.54, 1.807) is 28.6 Å². The molecule has 2 aliphatic rings. The summed E-state index contributed by atoms with van der Waals surface area (Å²) >= 11 is 0. The molecule has 1 aromatic heterocycles. The number of hydrogen-bond donors (Lipinski definition) is 0. The number of aromatic nitrogens is 1. The van der Waals surface area contributed by atoms with Crippen molar-refractivity contribution in [1.29, 1.82) is 5.26 Å². The molecule has 0 N–H and O–H groups in total. The second-order valence-corrected chi connectivity index (χ2v) is 9.91. The first-order valence-corrected chi connectivity index (χ1v) is 11.7. The van der Waals surface area contributed by atoms with Gasteiger partial charge in [-0.05, 0) is 62.3 Å². The molecule has 2 aromatic rings. The molecule has 154 valence electrons. The Bertz CT molecular complexity index is 1000. The van der Waals surface area contributed by atoms with Gasteiger partial charge in [0.05, 0.1) is 4.90 Å². The normalized spacial score (nSPS) is 21.1. The Morgan fingerprint density at radius 3 is 2.48 bits per heavy atom. The third-order valence-electron chi connectivity index (χ3n) is 5.72. The molecule has 0 bridgehead atoms. The minimum atomic E-state index is -3.50. The molecule has 0 radical (unpaired) electrons. The van der Waals surface area contributed by atoms with E-state index in [1.807, 2.05) is 0 Å². The van der Waals surface area contributed by atoms with Gasteiger partial charge >= 0.3 is 0 Å². The maximum atomic E-state index is 12.9. The Kier molecular flexibility index (Phi) is 5.61. The minimum Gasteiger partial charge on any atom is -0.419 e. The maximum Gasteiger partial charge on any atom is 0.243 e. The van der Waals surface area contributed by atoms with E-state index in [0.717, 1.165) is 38.8 Å². The molecule has 2 saturated heterocycles. The zero-order chi connectivity index (χ0) is 20.4. The molecule has 0 saturated carbocycles. The molecule has 0 unspecified atom stereocenters. The number of benzene rings is 1. The predicted molar refractivity (Wildman–Crippen MR) is 110 cm³/mol. The number of rotatable bonds is 4. The highest BCUT2D eigenvalue weighted by Crippen LogP contribution is 2.31. The summed E-state index contributed by atoms with van der Waals surface area (Å²) in [6.45, 7) is 4.93. The van der Waals surface area contributed by atoms with Crippen LogP contribution >= 0.6 is 0 Å². The van der Waals surface area contributed by atoms with Gasteiger partial charge in [0.2, 0.25) is 27.5 Å². The molecule has 8 heteroatoms. The van der Waals surface area contributed by atoms with Gasteiger partial charge in [0, 0.05) is 31.7 Å². The van der Waals surface area contributed by atoms with Crippen LogP contribution in [-0.2, 0) is 10.0 Å². The van der Waals surface area contributed by atoms with Crippen LogP contribution in [-0.4, -0.2) is 43.9 Å². The highest BCUT2D eigenvalue weighted by molar-refractivity contribution is 7.89. The van der Waals surface area contributed by atoms with Crippen molar-refractivity contribution >= 4 is 15.9 Å². The molecular formula is C21H26N4O3S. The summed E-state index contributed by atoms with van der Waals surface area (Å²) in [5.74, 6) is 1.24. The van der Waals surface area contributed by atoms with Crippen molar-refractivity contribution in [3.05, 3.63) is 30.0 Å². The summed E-state index contributed by atoms with van der Waals surface area (Å²) < 4.78 is 33.4. The maximum absolute atomic E-state index is 12.9. The quantitative estimate of drug-likeness (QED) is 0.759. The van der Waals surface area contributed by atoms with Crippen LogP contribution in [0.25, 0.3) is 11.5 Å². The summed E-state index contributed by atoms with van der Waals surface area (Å²) in [5.41, 5.74) is 0.941. The predicted octanol–water partition coefficient (Wildman–Crippen LogP) is 3.62. The lowest BCUT2D eigenvalue weighted by molar-refractivity contribution is 0.281. The second-order valence-electron chi connectivity index (χ2n) is 7.97. The Labute approximate surface area is 172 Å². The fourth-order valence-corrected chi connectivity index (χ4v) is 5.70. The van der Waals surface area contributed by atoms with Gasteiger partial charge in [0.1, 0.15) is 6.07 Å². The Morgan fingerprint density at radius 2 is 1.83 bits per heavy atom. The molecule has 0 aliphatic carbocycles. The lowest BCUT2D eigenvalue weighted by Gasteiger charge is -2.30. The third-order valence-corrected chi connectivity index (χ3v) is 7.60. The van der Waals surface area contributed by atoms with Gasteiger partial charge in [-0.2, -0.15) is 14.6 Å². The van der Waals surface area contributed by atoms with Crippen molar-refractivity contribution in [3.63, 3.8) is 0 Å². The van der Waals surface area contributed by atoms with E-state index >= 15 is 0 Å². The van der Waals surface area contributed by atoms with Gasteiger partial charge in [0.25, 0.3) is 0 Å². The third kappa shape index (κ3) is 4.02. The number of nitrogens with zero attached hydrogens (tertiary/aromatic N) is 4. The van der Waals surface area contributed by atoms with E-state index in [-0.39, 0.29) is 10.6 Å². The molecular weight excluding hydrogens is 388 g/mol. The van der Waals surface area contributed by atoms with E-state index in [2.05, 4.69) is 22.9 Å². The number of oxazole rings is 1. The molecule has 2 aliphatic heterocycles. The van der Waals surface area contributed by atoms with Crippen LogP contribution in [0.5, 0.6) is 0 Å². The number of hydrogen-bond acceptors (Lipinski definition) is 6. The zero-order valence-electron chi connectivity index (χ0n) is 16.7. The highest BCUT2D eigenvalue weighted by Gasteiger charge is 2.29. The molecule has 1 atom stereocenters. The first kappa shape index (κ1) is 19.9. The van der Waals surface area contributed by atoms with Crippen LogP contribution in [0.15, 0.2) is 33.6 Å². The molecule has 1 aromatic carbocycles. The lowest BCUT2D eigenvalue weighted by atomic mass is 10.0. The van der Waals surface area contributed by atoms with E-state index in [0.29, 0.717) is 36.3 Å². The summed E-state index contributed by atoms with van der Waals surface area (Å²) in [6, 6.07) is 8.72. The second kappa shape index (κ2) is 8.17. The van der Waals surface area contributed by atoms with E-state index in [1.165, 1.54) is 6.42 Å². The molecule has 0 spiro atoms. The topological polar surface area (TPSA) is 90.4 Å². The molecule has 4 rings (SSSR count). The molecule has 2 fully saturated rings. The lowest BCUT2D eigenvalue weighted by Crippen LogP contribution is -2.39. The van der Waals surface area contributed by atoms with Crippen molar-refractivity contribution < 1.29 is 12.8 Å². The largest absolute Gasteiger partial charge is 0.419 e. The van der Waals surface area contributed by atoms with Crippen molar-refractivity contribution in [2.75, 3.05) is 31.1 Å². The van der Waals surface area contributed by atoms with Crippen LogP contribution in [0.3, 0.4) is 0 Å². The Balaban J connectivity index is 1.58. The van der Waals surface area contributed by atoms with Crippen molar-refractivity contribution in [2.24, 2.45) is 5.92 Å². The monoisotopic (exact) mass is 414 g/mol. The van der Waals surface area contributed by atoms with Crippen LogP contribution < -0.4 is 4.90 Å². The van der Waals surface area contributed by atoms with Crippen molar-refractivity contribution in [3.8, 4) is 17.5 Å². The fraction of sp³-hybridized carbons (Fsp3) is 0.524. The fourth-order valence-electron chi connectivity index (χ4n) is 4.10. The van der Waals surface area contributed by atoms with Crippen LogP contribution in [0.1, 0.15) is 44.7 Å². The Hall–Kier alpha value is -2.37. The van der Waals surface area contributed by atoms with Crippen LogP contribution in [0.2, 0.25) is 0 Å². The first-order valence-electron chi connectivity index (χ1n) is 10.3. The van der Waals surface area contributed by atoms with Crippen molar-refractivity contribution in [1.82, 2.24) is 9.29 Å². The van der Waals surface area contributed by atoms with E-state index in [9.17, 15) is 13.7 Å². The number of nitriles is 1. The molecule has 0 amide bonds. The first-order chi connectivity index (χ1) is 14.0. The SMILES string of the molecule is C[C@@H]1CCCN(S(=O)(=O)c2ccc(-c3nc(C#N)c(N4CCCCC4)o3)cc2)C1. The van der Waals surface area contributed by atoms with Crippen LogP contribution in [0, 0.1) is 17.2 Å². The van der Waals surface area contributed by atoms with Gasteiger partial charge in [-0.25, -0.2) is 8.42 Å². The van der Waals surface area contributed by atoms with E-state index < -0.39 is 10.0 Å². The van der Waals surface area contributed by atoms with Crippen LogP contribution in [0.4, 0.5) is 5.88 Å². The average molecular weight is 415 g/mol. The average Bonchev–Trinajstić information content (AvgIpc) is 3.19. The summed E-state index contributed by atoms with van der Waals surface area (Å²) in [4.78, 5) is 6.68. The van der Waals surface area contributed by atoms with E-state index in [4.69, 9.17) is 4.42 Å². The highest BCUT2D eigenvalue weighted by atomic mass is 32.2. The summed E-state index contributed by atoms with van der Waals surface area (Å²) in [7, 11) is -3.50. The van der Waals surface area contributed by atoms with Gasteiger partial charge in [-0.1, -0.05) is 6.92 Å². The number of piperidine rings is 2. The molecule has 7 nitrogen and oxygen atoms in total. The Morgan fingerprint density at radius 1 is 1.10 bits per heavy atom. The minimum absolute atomic E-state index is 0.277. The molecule has 3 heterocycles.